The maximum Gasteiger partial charge on any atom is 0.232 e. The molecule has 1 aliphatic heterocycles. The number of piperidine rings is 1. The third-order valence-electron chi connectivity index (χ3n) is 5.75. The van der Waals surface area contributed by atoms with Crippen LogP contribution in [0.3, 0.4) is 0 Å². The summed E-state index contributed by atoms with van der Waals surface area (Å²) in [7, 11) is -3.48. The average molecular weight is 478 g/mol. The van der Waals surface area contributed by atoms with Crippen LogP contribution in [0.15, 0.2) is 42.5 Å². The molecule has 1 heterocycles. The summed E-state index contributed by atoms with van der Waals surface area (Å²) < 4.78 is 25.9. The van der Waals surface area contributed by atoms with Crippen molar-refractivity contribution in [1.29, 1.82) is 0 Å². The van der Waals surface area contributed by atoms with E-state index in [1.165, 1.54) is 35.5 Å². The monoisotopic (exact) mass is 477 g/mol. The molecule has 1 N–H and O–H groups in total. The molecule has 6 nitrogen and oxygen atoms in total. The smallest absolute Gasteiger partial charge is 0.232 e. The summed E-state index contributed by atoms with van der Waals surface area (Å²) in [4.78, 5) is 14.7. The van der Waals surface area contributed by atoms with Crippen molar-refractivity contribution in [3.8, 4) is 0 Å². The molecular weight excluding hydrogens is 446 g/mol. The number of amides is 1. The van der Waals surface area contributed by atoms with Crippen molar-refractivity contribution in [2.75, 3.05) is 35.1 Å². The van der Waals surface area contributed by atoms with Crippen molar-refractivity contribution in [1.82, 2.24) is 5.32 Å². The number of hydrogen-bond acceptors (Lipinski definition) is 4. The van der Waals surface area contributed by atoms with Gasteiger partial charge in [-0.2, -0.15) is 0 Å². The molecule has 2 aromatic rings. The first kappa shape index (κ1) is 24.4. The molecule has 1 fully saturated rings. The molecule has 8 heteroatoms. The minimum atomic E-state index is -3.48. The summed E-state index contributed by atoms with van der Waals surface area (Å²) in [5.74, 6) is -0.0959. The van der Waals surface area contributed by atoms with Gasteiger partial charge in [-0.05, 0) is 68.0 Å². The summed E-state index contributed by atoms with van der Waals surface area (Å²) in [5, 5.41) is 3.40. The van der Waals surface area contributed by atoms with Crippen LogP contribution in [0.5, 0.6) is 0 Å². The Morgan fingerprint density at radius 3 is 2.44 bits per heavy atom. The molecule has 2 aromatic carbocycles. The quantitative estimate of drug-likeness (QED) is 0.577. The lowest BCUT2D eigenvalue weighted by Crippen LogP contribution is -2.32. The van der Waals surface area contributed by atoms with E-state index >= 15 is 0 Å². The van der Waals surface area contributed by atoms with E-state index in [0.29, 0.717) is 23.7 Å². The molecule has 0 spiro atoms. The molecule has 1 amide bonds. The van der Waals surface area contributed by atoms with Crippen LogP contribution >= 0.6 is 11.6 Å². The Morgan fingerprint density at radius 2 is 1.78 bits per heavy atom. The predicted octanol–water partition coefficient (Wildman–Crippen LogP) is 4.50. The molecule has 0 unspecified atom stereocenters. The Kier molecular flexibility index (Phi) is 8.43. The lowest BCUT2D eigenvalue weighted by atomic mass is 10.1. The van der Waals surface area contributed by atoms with Gasteiger partial charge in [-0.25, -0.2) is 8.42 Å². The molecule has 0 atom stereocenters. The van der Waals surface area contributed by atoms with Crippen LogP contribution in [-0.4, -0.2) is 40.2 Å². The predicted molar refractivity (Wildman–Crippen MR) is 132 cm³/mol. The molecule has 0 aliphatic carbocycles. The van der Waals surface area contributed by atoms with Crippen LogP contribution in [0.4, 0.5) is 11.4 Å². The minimum Gasteiger partial charge on any atom is -0.372 e. The van der Waals surface area contributed by atoms with Crippen molar-refractivity contribution in [3.63, 3.8) is 0 Å². The molecule has 32 heavy (non-hydrogen) atoms. The number of carbonyl (C=O) groups is 1. The van der Waals surface area contributed by atoms with Crippen LogP contribution in [0, 0.1) is 6.92 Å². The van der Waals surface area contributed by atoms with Gasteiger partial charge in [0.25, 0.3) is 0 Å². The highest BCUT2D eigenvalue weighted by Gasteiger charge is 2.20. The highest BCUT2D eigenvalue weighted by molar-refractivity contribution is 7.92. The molecule has 0 bridgehead atoms. The normalized spacial score (nSPS) is 14.3. The highest BCUT2D eigenvalue weighted by atomic mass is 35.5. The molecular formula is C24H32ClN3O3S. The van der Waals surface area contributed by atoms with Crippen molar-refractivity contribution in [3.05, 3.63) is 58.6 Å². The van der Waals surface area contributed by atoms with E-state index < -0.39 is 10.0 Å². The van der Waals surface area contributed by atoms with E-state index in [9.17, 15) is 13.2 Å². The van der Waals surface area contributed by atoms with Crippen molar-refractivity contribution < 1.29 is 13.2 Å². The van der Waals surface area contributed by atoms with Gasteiger partial charge in [0.05, 0.1) is 11.9 Å². The van der Waals surface area contributed by atoms with Crippen molar-refractivity contribution >= 4 is 38.9 Å². The van der Waals surface area contributed by atoms with Crippen LogP contribution in [-0.2, 0) is 21.4 Å². The third-order valence-corrected chi connectivity index (χ3v) is 7.17. The SMILES string of the molecule is Cc1ccc(Cl)cc1N(CCCC(=O)NCc1ccc(N2CCCCC2)cc1)S(C)(=O)=O. The number of aryl methyl sites for hydroxylation is 1. The van der Waals surface area contributed by atoms with Gasteiger partial charge in [-0.1, -0.05) is 29.8 Å². The fraction of sp³-hybridized carbons (Fsp3) is 0.458. The maximum absolute atomic E-state index is 12.3. The Balaban J connectivity index is 1.49. The van der Waals surface area contributed by atoms with Crippen molar-refractivity contribution in [2.45, 2.75) is 45.6 Å². The van der Waals surface area contributed by atoms with E-state index in [2.05, 4.69) is 34.5 Å². The Labute approximate surface area is 196 Å². The summed E-state index contributed by atoms with van der Waals surface area (Å²) in [5.41, 5.74) is 3.65. The second-order valence-corrected chi connectivity index (χ2v) is 10.7. The number of halogens is 1. The zero-order valence-electron chi connectivity index (χ0n) is 18.8. The maximum atomic E-state index is 12.3. The lowest BCUT2D eigenvalue weighted by Gasteiger charge is -2.28. The average Bonchev–Trinajstić information content (AvgIpc) is 2.77. The van der Waals surface area contributed by atoms with Gasteiger partial charge < -0.3 is 10.2 Å². The number of anilines is 2. The first-order valence-corrected chi connectivity index (χ1v) is 13.3. The fourth-order valence-electron chi connectivity index (χ4n) is 3.97. The van der Waals surface area contributed by atoms with Crippen LogP contribution in [0.25, 0.3) is 0 Å². The molecule has 0 radical (unpaired) electrons. The Hall–Kier alpha value is -2.25. The number of hydrogen-bond donors (Lipinski definition) is 1. The number of nitrogens with zero attached hydrogens (tertiary/aromatic N) is 2. The standard InChI is InChI=1S/C24H32ClN3O3S/c1-19-8-11-21(25)17-23(19)28(32(2,30)31)16-6-7-24(29)26-18-20-9-12-22(13-10-20)27-14-4-3-5-15-27/h8-13,17H,3-7,14-16,18H2,1-2H3,(H,26,29). The number of sulfonamides is 1. The van der Waals surface area contributed by atoms with E-state index in [0.717, 1.165) is 24.2 Å². The molecule has 3 rings (SSSR count). The minimum absolute atomic E-state index is 0.0959. The molecule has 0 aromatic heterocycles. The largest absolute Gasteiger partial charge is 0.372 e. The van der Waals surface area contributed by atoms with Crippen LogP contribution in [0.1, 0.15) is 43.2 Å². The zero-order chi connectivity index (χ0) is 23.1. The van der Waals surface area contributed by atoms with Gasteiger partial charge in [-0.15, -0.1) is 0 Å². The number of nitrogens with one attached hydrogen (secondary N) is 1. The number of benzene rings is 2. The third kappa shape index (κ3) is 6.87. The first-order valence-electron chi connectivity index (χ1n) is 11.1. The Bertz CT molecular complexity index is 1020. The molecule has 0 saturated carbocycles. The van der Waals surface area contributed by atoms with E-state index in [-0.39, 0.29) is 18.9 Å². The summed E-state index contributed by atoms with van der Waals surface area (Å²) in [6.45, 7) is 4.73. The van der Waals surface area contributed by atoms with Gasteiger partial charge in [0, 0.05) is 43.3 Å². The van der Waals surface area contributed by atoms with Gasteiger partial charge >= 0.3 is 0 Å². The summed E-state index contributed by atoms with van der Waals surface area (Å²) in [6, 6.07) is 13.5. The van der Waals surface area contributed by atoms with Gasteiger partial charge in [-0.3, -0.25) is 9.10 Å². The van der Waals surface area contributed by atoms with Gasteiger partial charge in [0.15, 0.2) is 0 Å². The zero-order valence-corrected chi connectivity index (χ0v) is 20.4. The summed E-state index contributed by atoms with van der Waals surface area (Å²) in [6.07, 6.45) is 5.62. The molecule has 1 saturated heterocycles. The second-order valence-electron chi connectivity index (χ2n) is 8.36. The highest BCUT2D eigenvalue weighted by Crippen LogP contribution is 2.26. The van der Waals surface area contributed by atoms with Gasteiger partial charge in [0.1, 0.15) is 0 Å². The molecule has 174 valence electrons. The van der Waals surface area contributed by atoms with E-state index in [1.54, 1.807) is 18.2 Å². The number of carbonyl (C=O) groups excluding carboxylic acids is 1. The van der Waals surface area contributed by atoms with Crippen LogP contribution < -0.4 is 14.5 Å². The number of rotatable bonds is 9. The molecule has 1 aliphatic rings. The van der Waals surface area contributed by atoms with Crippen LogP contribution in [0.2, 0.25) is 5.02 Å². The Morgan fingerprint density at radius 1 is 1.09 bits per heavy atom. The summed E-state index contributed by atoms with van der Waals surface area (Å²) >= 11 is 6.06. The van der Waals surface area contributed by atoms with Gasteiger partial charge in [0.2, 0.25) is 15.9 Å². The fourth-order valence-corrected chi connectivity index (χ4v) is 5.15. The lowest BCUT2D eigenvalue weighted by molar-refractivity contribution is -0.121. The second kappa shape index (κ2) is 11.1. The topological polar surface area (TPSA) is 69.7 Å². The first-order chi connectivity index (χ1) is 15.2. The van der Waals surface area contributed by atoms with E-state index in [1.807, 2.05) is 6.92 Å². The van der Waals surface area contributed by atoms with E-state index in [4.69, 9.17) is 11.6 Å². The van der Waals surface area contributed by atoms with Crippen molar-refractivity contribution in [2.24, 2.45) is 0 Å².